The van der Waals surface area contributed by atoms with Crippen molar-refractivity contribution in [2.45, 2.75) is 66.2 Å². The maximum atomic E-state index is 2.42. The zero-order valence-corrected chi connectivity index (χ0v) is 9.90. The van der Waals surface area contributed by atoms with Gasteiger partial charge in [0, 0.05) is 0 Å². The molecule has 0 N–H and O–H groups in total. The Morgan fingerprint density at radius 3 is 2.23 bits per heavy atom. The Morgan fingerprint density at radius 1 is 1.23 bits per heavy atom. The summed E-state index contributed by atoms with van der Waals surface area (Å²) in [5.74, 6) is 1.99. The summed E-state index contributed by atoms with van der Waals surface area (Å²) in [5, 5.41) is 0. The molecule has 0 bridgehead atoms. The SMILES string of the molecule is CC[C@@H](C)CC1CCC(C)(C)CC1. The monoisotopic (exact) mass is 182 g/mol. The molecule has 0 spiro atoms. The smallest absolute Gasteiger partial charge is 0.0354 e. The molecule has 0 saturated heterocycles. The fourth-order valence-electron chi connectivity index (χ4n) is 2.43. The van der Waals surface area contributed by atoms with E-state index in [0.29, 0.717) is 5.41 Å². The number of hydrogen-bond acceptors (Lipinski definition) is 0. The molecule has 1 fully saturated rings. The van der Waals surface area contributed by atoms with Crippen molar-refractivity contribution in [3.05, 3.63) is 0 Å². The molecule has 0 aromatic heterocycles. The Balaban J connectivity index is 2.25. The zero-order chi connectivity index (χ0) is 9.90. The maximum absolute atomic E-state index is 2.42. The van der Waals surface area contributed by atoms with Gasteiger partial charge < -0.3 is 0 Å². The topological polar surface area (TPSA) is 0 Å². The third kappa shape index (κ3) is 3.70. The lowest BCUT2D eigenvalue weighted by Gasteiger charge is -2.35. The minimum atomic E-state index is 0.645. The average molecular weight is 182 g/mol. The number of hydrogen-bond donors (Lipinski definition) is 0. The van der Waals surface area contributed by atoms with Gasteiger partial charge in [-0.25, -0.2) is 0 Å². The second-order valence-electron chi connectivity index (χ2n) is 5.86. The second-order valence-corrected chi connectivity index (χ2v) is 5.86. The first-order valence-corrected chi connectivity index (χ1v) is 6.03. The van der Waals surface area contributed by atoms with Crippen molar-refractivity contribution < 1.29 is 0 Å². The molecule has 1 aliphatic carbocycles. The molecule has 0 unspecified atom stereocenters. The van der Waals surface area contributed by atoms with Gasteiger partial charge in [0.15, 0.2) is 0 Å². The van der Waals surface area contributed by atoms with Crippen LogP contribution in [0.5, 0.6) is 0 Å². The molecule has 0 aromatic carbocycles. The van der Waals surface area contributed by atoms with Crippen LogP contribution in [0.25, 0.3) is 0 Å². The zero-order valence-electron chi connectivity index (χ0n) is 9.90. The molecule has 0 nitrogen and oxygen atoms in total. The van der Waals surface area contributed by atoms with Gasteiger partial charge in [0.25, 0.3) is 0 Å². The van der Waals surface area contributed by atoms with Crippen molar-refractivity contribution in [1.29, 1.82) is 0 Å². The summed E-state index contributed by atoms with van der Waals surface area (Å²) in [5.41, 5.74) is 0.645. The molecule has 1 saturated carbocycles. The Kier molecular flexibility index (Phi) is 3.82. The van der Waals surface area contributed by atoms with Gasteiger partial charge in [-0.1, -0.05) is 34.1 Å². The van der Waals surface area contributed by atoms with Gasteiger partial charge in [0.1, 0.15) is 0 Å². The summed E-state index contributed by atoms with van der Waals surface area (Å²) in [6.07, 6.45) is 8.71. The predicted octanol–water partition coefficient (Wildman–Crippen LogP) is 4.64. The number of rotatable bonds is 3. The molecule has 78 valence electrons. The van der Waals surface area contributed by atoms with E-state index >= 15 is 0 Å². The maximum Gasteiger partial charge on any atom is -0.0354 e. The first-order chi connectivity index (χ1) is 6.03. The molecule has 0 amide bonds. The first kappa shape index (κ1) is 11.1. The standard InChI is InChI=1S/C13H26/c1-5-11(2)10-12-6-8-13(3,4)9-7-12/h11-12H,5-10H2,1-4H3/t11-/m1/s1. The van der Waals surface area contributed by atoms with Gasteiger partial charge in [-0.05, 0) is 49.4 Å². The Hall–Kier alpha value is 0. The van der Waals surface area contributed by atoms with Crippen LogP contribution in [-0.2, 0) is 0 Å². The van der Waals surface area contributed by atoms with Crippen molar-refractivity contribution >= 4 is 0 Å². The van der Waals surface area contributed by atoms with Crippen molar-refractivity contribution in [2.75, 3.05) is 0 Å². The third-order valence-corrected chi connectivity index (χ3v) is 3.89. The van der Waals surface area contributed by atoms with Crippen molar-refractivity contribution in [2.24, 2.45) is 17.3 Å². The Bertz CT molecular complexity index is 136. The highest BCUT2D eigenvalue weighted by molar-refractivity contribution is 4.79. The van der Waals surface area contributed by atoms with Crippen LogP contribution < -0.4 is 0 Å². The van der Waals surface area contributed by atoms with E-state index in [9.17, 15) is 0 Å². The summed E-state index contributed by atoms with van der Waals surface area (Å²) >= 11 is 0. The van der Waals surface area contributed by atoms with E-state index in [1.54, 1.807) is 0 Å². The summed E-state index contributed by atoms with van der Waals surface area (Å²) in [6.45, 7) is 9.57. The van der Waals surface area contributed by atoms with E-state index in [0.717, 1.165) is 11.8 Å². The van der Waals surface area contributed by atoms with E-state index in [2.05, 4.69) is 27.7 Å². The van der Waals surface area contributed by atoms with E-state index in [-0.39, 0.29) is 0 Å². The highest BCUT2D eigenvalue weighted by Gasteiger charge is 2.27. The predicted molar refractivity (Wildman–Crippen MR) is 59.8 cm³/mol. The minimum Gasteiger partial charge on any atom is -0.0651 e. The summed E-state index contributed by atoms with van der Waals surface area (Å²) in [4.78, 5) is 0. The molecule has 1 atom stereocenters. The van der Waals surface area contributed by atoms with Gasteiger partial charge in [-0.3, -0.25) is 0 Å². The largest absolute Gasteiger partial charge is 0.0651 e. The molecule has 1 aliphatic rings. The van der Waals surface area contributed by atoms with Crippen LogP contribution in [-0.4, -0.2) is 0 Å². The van der Waals surface area contributed by atoms with E-state index in [4.69, 9.17) is 0 Å². The lowest BCUT2D eigenvalue weighted by atomic mass is 9.71. The van der Waals surface area contributed by atoms with Gasteiger partial charge in [-0.15, -0.1) is 0 Å². The van der Waals surface area contributed by atoms with E-state index in [1.807, 2.05) is 0 Å². The Labute approximate surface area is 84.1 Å². The molecule has 0 aromatic rings. The molecule has 0 heteroatoms. The van der Waals surface area contributed by atoms with Crippen molar-refractivity contribution in [1.82, 2.24) is 0 Å². The van der Waals surface area contributed by atoms with Crippen LogP contribution in [0.3, 0.4) is 0 Å². The third-order valence-electron chi connectivity index (χ3n) is 3.89. The van der Waals surface area contributed by atoms with Crippen LogP contribution in [0.15, 0.2) is 0 Å². The molecule has 0 aliphatic heterocycles. The molecular weight excluding hydrogens is 156 g/mol. The van der Waals surface area contributed by atoms with Gasteiger partial charge >= 0.3 is 0 Å². The Morgan fingerprint density at radius 2 is 1.77 bits per heavy atom. The molecule has 0 heterocycles. The quantitative estimate of drug-likeness (QED) is 0.596. The van der Waals surface area contributed by atoms with Gasteiger partial charge in [0.05, 0.1) is 0 Å². The van der Waals surface area contributed by atoms with Gasteiger partial charge in [-0.2, -0.15) is 0 Å². The van der Waals surface area contributed by atoms with Crippen LogP contribution in [0.4, 0.5) is 0 Å². The fourth-order valence-corrected chi connectivity index (χ4v) is 2.43. The van der Waals surface area contributed by atoms with Crippen LogP contribution >= 0.6 is 0 Å². The van der Waals surface area contributed by atoms with Crippen molar-refractivity contribution in [3.8, 4) is 0 Å². The molecule has 13 heavy (non-hydrogen) atoms. The molecular formula is C13H26. The van der Waals surface area contributed by atoms with Gasteiger partial charge in [0.2, 0.25) is 0 Å². The average Bonchev–Trinajstić information content (AvgIpc) is 2.08. The first-order valence-electron chi connectivity index (χ1n) is 6.03. The highest BCUT2D eigenvalue weighted by atomic mass is 14.3. The van der Waals surface area contributed by atoms with Crippen LogP contribution in [0.2, 0.25) is 0 Å². The van der Waals surface area contributed by atoms with E-state index < -0.39 is 0 Å². The molecule has 0 radical (unpaired) electrons. The summed E-state index contributed by atoms with van der Waals surface area (Å²) in [6, 6.07) is 0. The lowest BCUT2D eigenvalue weighted by molar-refractivity contribution is 0.172. The normalized spacial score (nSPS) is 25.8. The second kappa shape index (κ2) is 4.48. The summed E-state index contributed by atoms with van der Waals surface area (Å²) in [7, 11) is 0. The van der Waals surface area contributed by atoms with Crippen LogP contribution in [0, 0.1) is 17.3 Å². The lowest BCUT2D eigenvalue weighted by Crippen LogP contribution is -2.22. The molecule has 1 rings (SSSR count). The summed E-state index contributed by atoms with van der Waals surface area (Å²) < 4.78 is 0. The minimum absolute atomic E-state index is 0.645. The van der Waals surface area contributed by atoms with Crippen LogP contribution in [0.1, 0.15) is 66.2 Å². The van der Waals surface area contributed by atoms with E-state index in [1.165, 1.54) is 38.5 Å². The van der Waals surface area contributed by atoms with Crippen molar-refractivity contribution in [3.63, 3.8) is 0 Å². The highest BCUT2D eigenvalue weighted by Crippen LogP contribution is 2.40. The fraction of sp³-hybridized carbons (Fsp3) is 1.00.